The van der Waals surface area contributed by atoms with E-state index in [0.29, 0.717) is 32.4 Å². The SMILES string of the molecule is O=C(COc1ccc(Cl)c(Cl)c1)Nc1ncc(Cc2ccccc2Cl)s1. The van der Waals surface area contributed by atoms with E-state index >= 15 is 0 Å². The van der Waals surface area contributed by atoms with Gasteiger partial charge in [-0.2, -0.15) is 0 Å². The largest absolute Gasteiger partial charge is 0.484 e. The van der Waals surface area contributed by atoms with Crippen molar-refractivity contribution in [1.82, 2.24) is 4.98 Å². The second kappa shape index (κ2) is 8.73. The molecule has 0 fully saturated rings. The third-order valence-corrected chi connectivity index (χ3v) is 5.40. The number of hydrogen-bond donors (Lipinski definition) is 1. The molecule has 2 aromatic carbocycles. The van der Waals surface area contributed by atoms with Crippen LogP contribution < -0.4 is 10.1 Å². The van der Waals surface area contributed by atoms with E-state index in [1.165, 1.54) is 11.3 Å². The first-order valence-electron chi connectivity index (χ1n) is 7.57. The molecule has 1 amide bonds. The molecule has 0 saturated heterocycles. The summed E-state index contributed by atoms with van der Waals surface area (Å²) in [7, 11) is 0. The van der Waals surface area contributed by atoms with E-state index in [9.17, 15) is 4.79 Å². The molecule has 0 aliphatic rings. The molecule has 134 valence electrons. The topological polar surface area (TPSA) is 51.2 Å². The van der Waals surface area contributed by atoms with E-state index in [1.807, 2.05) is 24.3 Å². The average Bonchev–Trinajstić information content (AvgIpc) is 3.05. The highest BCUT2D eigenvalue weighted by molar-refractivity contribution is 7.15. The van der Waals surface area contributed by atoms with Gasteiger partial charge in [0.2, 0.25) is 0 Å². The molecule has 1 N–H and O–H groups in total. The molecule has 0 unspecified atom stereocenters. The van der Waals surface area contributed by atoms with Crippen molar-refractivity contribution in [2.75, 3.05) is 11.9 Å². The van der Waals surface area contributed by atoms with Crippen molar-refractivity contribution >= 4 is 57.2 Å². The fourth-order valence-corrected chi connectivity index (χ4v) is 3.49. The lowest BCUT2D eigenvalue weighted by Crippen LogP contribution is -2.19. The summed E-state index contributed by atoms with van der Waals surface area (Å²) >= 11 is 19.3. The molecule has 0 spiro atoms. The number of anilines is 1. The van der Waals surface area contributed by atoms with Crippen molar-refractivity contribution in [3.8, 4) is 5.75 Å². The van der Waals surface area contributed by atoms with Gasteiger partial charge in [0.25, 0.3) is 5.91 Å². The number of nitrogens with one attached hydrogen (secondary N) is 1. The number of rotatable bonds is 6. The van der Waals surface area contributed by atoms with E-state index in [-0.39, 0.29) is 12.5 Å². The van der Waals surface area contributed by atoms with Crippen LogP contribution in [0.15, 0.2) is 48.7 Å². The summed E-state index contributed by atoms with van der Waals surface area (Å²) in [6.45, 7) is -0.155. The predicted octanol–water partition coefficient (Wildman–Crippen LogP) is 5.71. The molecule has 4 nitrogen and oxygen atoms in total. The number of carbonyl (C=O) groups is 1. The van der Waals surface area contributed by atoms with Gasteiger partial charge >= 0.3 is 0 Å². The van der Waals surface area contributed by atoms with E-state index in [4.69, 9.17) is 39.5 Å². The normalized spacial score (nSPS) is 10.6. The van der Waals surface area contributed by atoms with Crippen LogP contribution in [0.2, 0.25) is 15.1 Å². The van der Waals surface area contributed by atoms with E-state index in [2.05, 4.69) is 10.3 Å². The van der Waals surface area contributed by atoms with E-state index < -0.39 is 0 Å². The molecular weight excluding hydrogens is 415 g/mol. The van der Waals surface area contributed by atoms with Crippen LogP contribution in [-0.4, -0.2) is 17.5 Å². The Balaban J connectivity index is 1.54. The first-order valence-corrected chi connectivity index (χ1v) is 9.52. The Morgan fingerprint density at radius 1 is 1.08 bits per heavy atom. The Kier molecular flexibility index (Phi) is 6.38. The molecular formula is C18H13Cl3N2O2S. The molecule has 3 aromatic rings. The number of benzene rings is 2. The van der Waals surface area contributed by atoms with Gasteiger partial charge in [0, 0.05) is 28.6 Å². The molecule has 8 heteroatoms. The van der Waals surface area contributed by atoms with Crippen LogP contribution in [0.1, 0.15) is 10.4 Å². The predicted molar refractivity (Wildman–Crippen MR) is 107 cm³/mol. The lowest BCUT2D eigenvalue weighted by molar-refractivity contribution is -0.118. The number of carbonyl (C=O) groups excluding carboxylic acids is 1. The number of amides is 1. The Morgan fingerprint density at radius 2 is 1.88 bits per heavy atom. The number of thiazole rings is 1. The van der Waals surface area contributed by atoms with Crippen molar-refractivity contribution in [2.24, 2.45) is 0 Å². The van der Waals surface area contributed by atoms with Gasteiger partial charge in [-0.3, -0.25) is 10.1 Å². The van der Waals surface area contributed by atoms with Crippen LogP contribution in [0, 0.1) is 0 Å². The number of aromatic nitrogens is 1. The Labute approximate surface area is 169 Å². The summed E-state index contributed by atoms with van der Waals surface area (Å²) in [6.07, 6.45) is 2.39. The van der Waals surface area contributed by atoms with Gasteiger partial charge in [0.15, 0.2) is 11.7 Å². The van der Waals surface area contributed by atoms with Gasteiger partial charge < -0.3 is 4.74 Å². The molecule has 0 radical (unpaired) electrons. The minimum atomic E-state index is -0.310. The van der Waals surface area contributed by atoms with Crippen molar-refractivity contribution in [3.05, 3.63) is 74.2 Å². The molecule has 0 saturated carbocycles. The highest BCUT2D eigenvalue weighted by atomic mass is 35.5. The maximum absolute atomic E-state index is 12.0. The number of halogens is 3. The average molecular weight is 428 g/mol. The molecule has 0 atom stereocenters. The summed E-state index contributed by atoms with van der Waals surface area (Å²) in [5, 5.41) is 4.73. The van der Waals surface area contributed by atoms with Gasteiger partial charge in [-0.25, -0.2) is 4.98 Å². The van der Waals surface area contributed by atoms with Crippen molar-refractivity contribution in [1.29, 1.82) is 0 Å². The fourth-order valence-electron chi connectivity index (χ4n) is 2.15. The zero-order valence-corrected chi connectivity index (χ0v) is 16.4. The van der Waals surface area contributed by atoms with Crippen LogP contribution in [-0.2, 0) is 11.2 Å². The second-order valence-electron chi connectivity index (χ2n) is 5.31. The van der Waals surface area contributed by atoms with Crippen molar-refractivity contribution < 1.29 is 9.53 Å². The van der Waals surface area contributed by atoms with Gasteiger partial charge in [-0.1, -0.05) is 53.0 Å². The molecule has 0 aliphatic carbocycles. The summed E-state index contributed by atoms with van der Waals surface area (Å²) in [5.74, 6) is 0.155. The van der Waals surface area contributed by atoms with Crippen LogP contribution >= 0.6 is 46.1 Å². The first-order chi connectivity index (χ1) is 12.5. The van der Waals surface area contributed by atoms with Gasteiger partial charge in [-0.15, -0.1) is 11.3 Å². The summed E-state index contributed by atoms with van der Waals surface area (Å²) in [4.78, 5) is 17.2. The second-order valence-corrected chi connectivity index (χ2v) is 7.65. The van der Waals surface area contributed by atoms with Gasteiger partial charge in [0.05, 0.1) is 10.0 Å². The van der Waals surface area contributed by atoms with E-state index in [1.54, 1.807) is 24.4 Å². The molecule has 0 aliphatic heterocycles. The zero-order chi connectivity index (χ0) is 18.5. The minimum Gasteiger partial charge on any atom is -0.484 e. The fraction of sp³-hybridized carbons (Fsp3) is 0.111. The smallest absolute Gasteiger partial charge is 0.264 e. The maximum atomic E-state index is 12.0. The highest BCUT2D eigenvalue weighted by Gasteiger charge is 2.10. The number of ether oxygens (including phenoxy) is 1. The molecule has 0 bridgehead atoms. The standard InChI is InChI=1S/C18H13Cl3N2O2S/c19-14-4-2-1-3-11(14)7-13-9-22-18(26-13)23-17(24)10-25-12-5-6-15(20)16(21)8-12/h1-6,8-9H,7,10H2,(H,22,23,24). The summed E-state index contributed by atoms with van der Waals surface area (Å²) in [5.41, 5.74) is 1.01. The molecule has 26 heavy (non-hydrogen) atoms. The number of nitrogens with zero attached hydrogens (tertiary/aromatic N) is 1. The van der Waals surface area contributed by atoms with Crippen LogP contribution in [0.25, 0.3) is 0 Å². The lowest BCUT2D eigenvalue weighted by atomic mass is 10.1. The van der Waals surface area contributed by atoms with E-state index in [0.717, 1.165) is 10.4 Å². The zero-order valence-electron chi connectivity index (χ0n) is 13.3. The third-order valence-electron chi connectivity index (χ3n) is 3.38. The van der Waals surface area contributed by atoms with Crippen LogP contribution in [0.5, 0.6) is 5.75 Å². The van der Waals surface area contributed by atoms with Crippen LogP contribution in [0.4, 0.5) is 5.13 Å². The molecule has 1 heterocycles. The first kappa shape index (κ1) is 19.0. The summed E-state index contributed by atoms with van der Waals surface area (Å²) < 4.78 is 5.40. The van der Waals surface area contributed by atoms with Gasteiger partial charge in [-0.05, 0) is 23.8 Å². The van der Waals surface area contributed by atoms with Crippen LogP contribution in [0.3, 0.4) is 0 Å². The minimum absolute atomic E-state index is 0.155. The Bertz CT molecular complexity index is 930. The monoisotopic (exact) mass is 426 g/mol. The van der Waals surface area contributed by atoms with Crippen molar-refractivity contribution in [2.45, 2.75) is 6.42 Å². The maximum Gasteiger partial charge on any atom is 0.264 e. The highest BCUT2D eigenvalue weighted by Crippen LogP contribution is 2.27. The molecule has 1 aromatic heterocycles. The Hall–Kier alpha value is -1.79. The quantitative estimate of drug-likeness (QED) is 0.548. The van der Waals surface area contributed by atoms with Crippen molar-refractivity contribution in [3.63, 3.8) is 0 Å². The lowest BCUT2D eigenvalue weighted by Gasteiger charge is -2.06. The molecule has 3 rings (SSSR count). The summed E-state index contributed by atoms with van der Waals surface area (Å²) in [6, 6.07) is 12.4. The Morgan fingerprint density at radius 3 is 2.65 bits per heavy atom. The third kappa shape index (κ3) is 5.11. The van der Waals surface area contributed by atoms with Gasteiger partial charge in [0.1, 0.15) is 5.75 Å². The number of hydrogen-bond acceptors (Lipinski definition) is 4.